The number of benzene rings is 2. The van der Waals surface area contributed by atoms with Gasteiger partial charge >= 0.3 is 0 Å². The van der Waals surface area contributed by atoms with Crippen LogP contribution in [0.3, 0.4) is 0 Å². The quantitative estimate of drug-likeness (QED) is 0.475. The van der Waals surface area contributed by atoms with Crippen molar-refractivity contribution in [1.82, 2.24) is 25.1 Å². The van der Waals surface area contributed by atoms with Crippen LogP contribution in [0.5, 0.6) is 0 Å². The van der Waals surface area contributed by atoms with E-state index < -0.39 is 0 Å². The average Bonchev–Trinajstić information content (AvgIpc) is 3.29. The molecule has 2 aromatic carbocycles. The molecule has 2 unspecified atom stereocenters. The van der Waals surface area contributed by atoms with Gasteiger partial charge in [-0.05, 0) is 43.5 Å². The number of nitrogens with one attached hydrogen (secondary N) is 2. The third-order valence-electron chi connectivity index (χ3n) is 7.23. The molecule has 2 saturated heterocycles. The van der Waals surface area contributed by atoms with Gasteiger partial charge in [0.05, 0.1) is 17.6 Å². The van der Waals surface area contributed by atoms with Crippen LogP contribution in [0.4, 0.5) is 17.6 Å². The molecule has 8 heteroatoms. The number of H-pyrrole nitrogens is 1. The number of amides is 1. The van der Waals surface area contributed by atoms with Crippen molar-refractivity contribution in [2.24, 2.45) is 0 Å². The second kappa shape index (κ2) is 7.55. The lowest BCUT2D eigenvalue weighted by atomic mass is 10.2. The van der Waals surface area contributed by atoms with Gasteiger partial charge in [0.2, 0.25) is 5.95 Å². The van der Waals surface area contributed by atoms with Crippen LogP contribution in [0.15, 0.2) is 60.7 Å². The molecule has 2 bridgehead atoms. The van der Waals surface area contributed by atoms with Crippen molar-refractivity contribution in [3.05, 3.63) is 71.9 Å². The fourth-order valence-electron chi connectivity index (χ4n) is 5.32. The second-order valence-corrected chi connectivity index (χ2v) is 9.52. The van der Waals surface area contributed by atoms with Crippen LogP contribution in [-0.4, -0.2) is 56.1 Å². The summed E-state index contributed by atoms with van der Waals surface area (Å²) in [5, 5.41) is 12.0. The molecule has 1 amide bonds. The molecule has 4 heterocycles. The lowest BCUT2D eigenvalue weighted by Crippen LogP contribution is -2.49. The molecular weight excluding hydrogens is 426 g/mol. The summed E-state index contributed by atoms with van der Waals surface area (Å²) in [6.07, 6.45) is 3.40. The zero-order chi connectivity index (χ0) is 22.6. The molecule has 2 atom stereocenters. The van der Waals surface area contributed by atoms with E-state index >= 15 is 0 Å². The number of likely N-dealkylation sites (tertiary alicyclic amines) is 1. The highest BCUT2D eigenvalue weighted by molar-refractivity contribution is 5.95. The second-order valence-electron chi connectivity index (χ2n) is 9.52. The molecule has 3 fully saturated rings. The number of aromatic amines is 1. The van der Waals surface area contributed by atoms with Gasteiger partial charge in [-0.2, -0.15) is 10.1 Å². The molecule has 0 spiro atoms. The summed E-state index contributed by atoms with van der Waals surface area (Å²) in [7, 11) is 0. The van der Waals surface area contributed by atoms with Crippen molar-refractivity contribution >= 4 is 34.4 Å². The van der Waals surface area contributed by atoms with Gasteiger partial charge in [0, 0.05) is 41.7 Å². The van der Waals surface area contributed by atoms with Crippen molar-refractivity contribution in [2.75, 3.05) is 23.3 Å². The van der Waals surface area contributed by atoms with Crippen molar-refractivity contribution in [3.63, 3.8) is 0 Å². The van der Waals surface area contributed by atoms with Crippen LogP contribution in [0.1, 0.15) is 41.2 Å². The van der Waals surface area contributed by atoms with Gasteiger partial charge in [0.15, 0.2) is 5.82 Å². The Kier molecular flexibility index (Phi) is 4.33. The Balaban J connectivity index is 1.16. The molecule has 8 nitrogen and oxygen atoms in total. The van der Waals surface area contributed by atoms with Crippen LogP contribution in [0.2, 0.25) is 0 Å². The highest BCUT2D eigenvalue weighted by Gasteiger charge is 2.46. The summed E-state index contributed by atoms with van der Waals surface area (Å²) in [6.45, 7) is 1.44. The number of fused-ring (bicyclic) bond motifs is 3. The maximum atomic E-state index is 13.0. The first-order valence-corrected chi connectivity index (χ1v) is 11.9. The number of para-hydroxylation sites is 1. The third-order valence-corrected chi connectivity index (χ3v) is 7.23. The van der Waals surface area contributed by atoms with Gasteiger partial charge in [-0.25, -0.2) is 4.98 Å². The molecule has 2 aromatic heterocycles. The van der Waals surface area contributed by atoms with E-state index in [1.807, 2.05) is 59.5 Å². The Morgan fingerprint density at radius 2 is 1.79 bits per heavy atom. The number of anilines is 3. The van der Waals surface area contributed by atoms with Crippen molar-refractivity contribution in [3.8, 4) is 0 Å². The van der Waals surface area contributed by atoms with Crippen LogP contribution < -0.4 is 10.2 Å². The normalized spacial score (nSPS) is 21.4. The lowest BCUT2D eigenvalue weighted by Gasteiger charge is -2.34. The Hall–Kier alpha value is -3.94. The Bertz CT molecular complexity index is 1380. The summed E-state index contributed by atoms with van der Waals surface area (Å²) >= 11 is 0. The summed E-state index contributed by atoms with van der Waals surface area (Å²) in [5.41, 5.74) is 2.83. The van der Waals surface area contributed by atoms with E-state index in [1.165, 1.54) is 18.5 Å². The Morgan fingerprint density at radius 1 is 0.971 bits per heavy atom. The molecule has 2 aliphatic heterocycles. The van der Waals surface area contributed by atoms with Gasteiger partial charge in [0.25, 0.3) is 5.91 Å². The summed E-state index contributed by atoms with van der Waals surface area (Å²) in [6, 6.07) is 20.1. The van der Waals surface area contributed by atoms with Crippen LogP contribution in [0, 0.1) is 0 Å². The number of aromatic nitrogens is 4. The molecule has 34 heavy (non-hydrogen) atoms. The lowest BCUT2D eigenvalue weighted by molar-refractivity contribution is 0.0725. The van der Waals surface area contributed by atoms with Gasteiger partial charge < -0.3 is 15.1 Å². The van der Waals surface area contributed by atoms with Crippen LogP contribution in [-0.2, 0) is 0 Å². The number of piperazine rings is 1. The predicted octanol–water partition coefficient (Wildman–Crippen LogP) is 4.08. The zero-order valence-corrected chi connectivity index (χ0v) is 18.7. The fraction of sp³-hybridized carbons (Fsp3) is 0.308. The maximum Gasteiger partial charge on any atom is 0.254 e. The summed E-state index contributed by atoms with van der Waals surface area (Å²) < 4.78 is 0. The minimum absolute atomic E-state index is 0.111. The summed E-state index contributed by atoms with van der Waals surface area (Å²) in [4.78, 5) is 27.1. The van der Waals surface area contributed by atoms with E-state index in [-0.39, 0.29) is 18.0 Å². The standard InChI is InChI=1S/C26H25N7O/c34-25(17-6-2-1-3-7-17)32-14-19-12-18(32)15-33(19)26-27-21-9-5-4-8-20(21)24(29-26)28-23-13-22(30-31-23)16-10-11-16/h1-9,13,16,18-19H,10-12,14-15H2,(H2,27,28,29,30,31). The van der Waals surface area contributed by atoms with Gasteiger partial charge in [-0.3, -0.25) is 9.89 Å². The molecule has 170 valence electrons. The number of rotatable bonds is 5. The maximum absolute atomic E-state index is 13.0. The first-order chi connectivity index (χ1) is 16.7. The number of carbonyl (C=O) groups excluding carboxylic acids is 1. The molecule has 2 N–H and O–H groups in total. The SMILES string of the molecule is O=C(c1ccccc1)N1CC2CC1CN2c1nc(Nc2cc(C3CC3)[nH]n2)c2ccccc2n1. The van der Waals surface area contributed by atoms with Crippen LogP contribution in [0.25, 0.3) is 10.9 Å². The Labute approximate surface area is 197 Å². The predicted molar refractivity (Wildman–Crippen MR) is 130 cm³/mol. The van der Waals surface area contributed by atoms with E-state index in [4.69, 9.17) is 9.97 Å². The first kappa shape index (κ1) is 19.5. The van der Waals surface area contributed by atoms with E-state index in [1.54, 1.807) is 0 Å². The highest BCUT2D eigenvalue weighted by atomic mass is 16.2. The van der Waals surface area contributed by atoms with E-state index in [9.17, 15) is 4.79 Å². The topological polar surface area (TPSA) is 90.0 Å². The van der Waals surface area contributed by atoms with Crippen molar-refractivity contribution in [1.29, 1.82) is 0 Å². The van der Waals surface area contributed by atoms with Crippen molar-refractivity contribution in [2.45, 2.75) is 37.3 Å². The summed E-state index contributed by atoms with van der Waals surface area (Å²) in [5.74, 6) is 2.97. The first-order valence-electron chi connectivity index (χ1n) is 11.9. The molecule has 1 saturated carbocycles. The molecule has 3 aliphatic rings. The highest BCUT2D eigenvalue weighted by Crippen LogP contribution is 2.40. The zero-order valence-electron chi connectivity index (χ0n) is 18.7. The van der Waals surface area contributed by atoms with Gasteiger partial charge in [0.1, 0.15) is 5.82 Å². The van der Waals surface area contributed by atoms with E-state index in [0.29, 0.717) is 18.4 Å². The smallest absolute Gasteiger partial charge is 0.254 e. The van der Waals surface area contributed by atoms with Crippen molar-refractivity contribution < 1.29 is 4.79 Å². The molecule has 1 aliphatic carbocycles. The van der Waals surface area contributed by atoms with Gasteiger partial charge in [-0.1, -0.05) is 30.3 Å². The monoisotopic (exact) mass is 451 g/mol. The molecule has 0 radical (unpaired) electrons. The van der Waals surface area contributed by atoms with E-state index in [0.717, 1.165) is 41.1 Å². The number of hydrogen-bond acceptors (Lipinski definition) is 6. The number of hydrogen-bond donors (Lipinski definition) is 2. The molecular formula is C26H25N7O. The minimum atomic E-state index is 0.111. The van der Waals surface area contributed by atoms with Crippen LogP contribution >= 0.6 is 0 Å². The number of carbonyl (C=O) groups is 1. The fourth-order valence-corrected chi connectivity index (χ4v) is 5.32. The number of nitrogens with zero attached hydrogens (tertiary/aromatic N) is 5. The molecule has 4 aromatic rings. The van der Waals surface area contributed by atoms with Gasteiger partial charge in [-0.15, -0.1) is 0 Å². The average molecular weight is 452 g/mol. The third kappa shape index (κ3) is 3.29. The molecule has 7 rings (SSSR count). The van der Waals surface area contributed by atoms with E-state index in [2.05, 4.69) is 26.5 Å². The minimum Gasteiger partial charge on any atom is -0.334 e. The Morgan fingerprint density at radius 3 is 2.59 bits per heavy atom. The largest absolute Gasteiger partial charge is 0.334 e.